The van der Waals surface area contributed by atoms with Gasteiger partial charge in [-0.3, -0.25) is 0 Å². The molecular formula is C9H8N6. The summed E-state index contributed by atoms with van der Waals surface area (Å²) < 4.78 is 1.51. The number of nitrogens with two attached hydrogens (primary N) is 1. The van der Waals surface area contributed by atoms with Crippen LogP contribution in [0, 0.1) is 11.3 Å². The van der Waals surface area contributed by atoms with Crippen LogP contribution in [0.5, 0.6) is 0 Å². The maximum atomic E-state index is 8.75. The third kappa shape index (κ3) is 1.68. The first kappa shape index (κ1) is 9.30. The molecule has 0 bridgehead atoms. The summed E-state index contributed by atoms with van der Waals surface area (Å²) in [7, 11) is 0. The van der Waals surface area contributed by atoms with E-state index >= 15 is 0 Å². The van der Waals surface area contributed by atoms with Crippen molar-refractivity contribution in [2.24, 2.45) is 5.73 Å². The van der Waals surface area contributed by atoms with Crippen molar-refractivity contribution in [2.75, 3.05) is 0 Å². The maximum Gasteiger partial charge on any atom is 0.170 e. The maximum absolute atomic E-state index is 8.75. The number of tetrazole rings is 1. The number of hydrogen-bond acceptors (Lipinski definition) is 5. The second-order valence-electron chi connectivity index (χ2n) is 2.87. The number of nitrogens with zero attached hydrogens (tertiary/aromatic N) is 5. The van der Waals surface area contributed by atoms with Gasteiger partial charge in [0.25, 0.3) is 0 Å². The van der Waals surface area contributed by atoms with E-state index in [9.17, 15) is 0 Å². The molecular weight excluding hydrogens is 192 g/mol. The Morgan fingerprint density at radius 1 is 1.47 bits per heavy atom. The molecule has 0 unspecified atom stereocenters. The highest BCUT2D eigenvalue weighted by Gasteiger charge is 2.06. The molecule has 2 N–H and O–H groups in total. The quantitative estimate of drug-likeness (QED) is 0.736. The SMILES string of the molecule is N#Cc1cccc(-n2nnnc2CN)c1. The molecule has 74 valence electrons. The van der Waals surface area contributed by atoms with Gasteiger partial charge in [0.2, 0.25) is 0 Å². The molecule has 0 spiro atoms. The predicted molar refractivity (Wildman–Crippen MR) is 51.8 cm³/mol. The minimum absolute atomic E-state index is 0.254. The Bertz CT molecular complexity index is 509. The lowest BCUT2D eigenvalue weighted by atomic mass is 10.2. The molecule has 15 heavy (non-hydrogen) atoms. The van der Waals surface area contributed by atoms with Gasteiger partial charge in [0, 0.05) is 0 Å². The monoisotopic (exact) mass is 200 g/mol. The van der Waals surface area contributed by atoms with Crippen LogP contribution in [0.2, 0.25) is 0 Å². The molecule has 1 aromatic heterocycles. The number of benzene rings is 1. The summed E-state index contributed by atoms with van der Waals surface area (Å²) in [5.74, 6) is 0.560. The largest absolute Gasteiger partial charge is 0.324 e. The van der Waals surface area contributed by atoms with E-state index in [0.29, 0.717) is 11.4 Å². The fourth-order valence-corrected chi connectivity index (χ4v) is 1.24. The van der Waals surface area contributed by atoms with Gasteiger partial charge in [-0.15, -0.1) is 5.10 Å². The van der Waals surface area contributed by atoms with Crippen molar-refractivity contribution in [3.63, 3.8) is 0 Å². The molecule has 0 amide bonds. The molecule has 0 saturated heterocycles. The molecule has 6 nitrogen and oxygen atoms in total. The van der Waals surface area contributed by atoms with Gasteiger partial charge in [-0.05, 0) is 28.6 Å². The van der Waals surface area contributed by atoms with E-state index in [-0.39, 0.29) is 6.54 Å². The Balaban J connectivity index is 2.50. The van der Waals surface area contributed by atoms with Crippen molar-refractivity contribution in [1.82, 2.24) is 20.2 Å². The smallest absolute Gasteiger partial charge is 0.170 e. The van der Waals surface area contributed by atoms with E-state index in [1.165, 1.54) is 4.68 Å². The van der Waals surface area contributed by atoms with Gasteiger partial charge in [0.15, 0.2) is 5.82 Å². The lowest BCUT2D eigenvalue weighted by Gasteiger charge is -2.02. The standard InChI is InChI=1S/C9H8N6/c10-5-7-2-1-3-8(4-7)15-9(6-11)12-13-14-15/h1-4H,6,11H2. The fourth-order valence-electron chi connectivity index (χ4n) is 1.24. The second-order valence-corrected chi connectivity index (χ2v) is 2.87. The van der Waals surface area contributed by atoms with Crippen LogP contribution in [-0.2, 0) is 6.54 Å². The van der Waals surface area contributed by atoms with Crippen LogP contribution >= 0.6 is 0 Å². The average molecular weight is 200 g/mol. The van der Waals surface area contributed by atoms with Crippen molar-refractivity contribution in [1.29, 1.82) is 5.26 Å². The fraction of sp³-hybridized carbons (Fsp3) is 0.111. The molecule has 0 aliphatic heterocycles. The number of rotatable bonds is 2. The van der Waals surface area contributed by atoms with Gasteiger partial charge in [0.1, 0.15) is 0 Å². The van der Waals surface area contributed by atoms with E-state index in [0.717, 1.165) is 5.69 Å². The third-order valence-corrected chi connectivity index (χ3v) is 1.94. The van der Waals surface area contributed by atoms with Crippen LogP contribution in [0.25, 0.3) is 5.69 Å². The molecule has 2 rings (SSSR count). The first-order valence-corrected chi connectivity index (χ1v) is 4.33. The van der Waals surface area contributed by atoms with Gasteiger partial charge in [0.05, 0.1) is 23.9 Å². The molecule has 0 aliphatic carbocycles. The van der Waals surface area contributed by atoms with Crippen LogP contribution in [0.4, 0.5) is 0 Å². The minimum Gasteiger partial charge on any atom is -0.324 e. The molecule has 0 fully saturated rings. The normalized spacial score (nSPS) is 9.87. The van der Waals surface area contributed by atoms with Crippen molar-refractivity contribution in [3.8, 4) is 11.8 Å². The summed E-state index contributed by atoms with van der Waals surface area (Å²) in [5.41, 5.74) is 6.77. The topological polar surface area (TPSA) is 93.4 Å². The Morgan fingerprint density at radius 2 is 2.33 bits per heavy atom. The summed E-state index contributed by atoms with van der Waals surface area (Å²) in [6.45, 7) is 0.254. The number of hydrogen-bond donors (Lipinski definition) is 1. The predicted octanol–water partition coefficient (Wildman–Crippen LogP) is -0.00732. The average Bonchev–Trinajstić information content (AvgIpc) is 2.77. The second kappa shape index (κ2) is 3.86. The van der Waals surface area contributed by atoms with E-state index in [1.54, 1.807) is 18.2 Å². The molecule has 2 aromatic rings. The lowest BCUT2D eigenvalue weighted by Crippen LogP contribution is -2.08. The Labute approximate surface area is 85.9 Å². The first-order chi connectivity index (χ1) is 7.35. The van der Waals surface area contributed by atoms with Crippen LogP contribution in [0.1, 0.15) is 11.4 Å². The van der Waals surface area contributed by atoms with E-state index in [4.69, 9.17) is 11.0 Å². The van der Waals surface area contributed by atoms with Crippen molar-refractivity contribution in [3.05, 3.63) is 35.7 Å². The van der Waals surface area contributed by atoms with Crippen LogP contribution in [0.15, 0.2) is 24.3 Å². The molecule has 0 saturated carbocycles. The highest BCUT2D eigenvalue weighted by molar-refractivity contribution is 5.40. The minimum atomic E-state index is 0.254. The van der Waals surface area contributed by atoms with Gasteiger partial charge in [-0.25, -0.2) is 0 Å². The van der Waals surface area contributed by atoms with E-state index in [1.807, 2.05) is 6.07 Å². The summed E-state index contributed by atoms with van der Waals surface area (Å²) in [5, 5.41) is 19.8. The highest BCUT2D eigenvalue weighted by Crippen LogP contribution is 2.09. The van der Waals surface area contributed by atoms with Gasteiger partial charge in [-0.2, -0.15) is 9.94 Å². The Hall–Kier alpha value is -2.26. The van der Waals surface area contributed by atoms with Crippen LogP contribution in [0.3, 0.4) is 0 Å². The highest BCUT2D eigenvalue weighted by atomic mass is 15.5. The van der Waals surface area contributed by atoms with E-state index in [2.05, 4.69) is 21.6 Å². The summed E-state index contributed by atoms with van der Waals surface area (Å²) >= 11 is 0. The molecule has 0 atom stereocenters. The number of nitriles is 1. The zero-order chi connectivity index (χ0) is 10.7. The summed E-state index contributed by atoms with van der Waals surface area (Å²) in [6.07, 6.45) is 0. The van der Waals surface area contributed by atoms with Crippen LogP contribution < -0.4 is 5.73 Å². The van der Waals surface area contributed by atoms with Crippen molar-refractivity contribution < 1.29 is 0 Å². The molecule has 0 radical (unpaired) electrons. The Kier molecular flexibility index (Phi) is 2.39. The zero-order valence-corrected chi connectivity index (χ0v) is 7.83. The molecule has 1 aromatic carbocycles. The van der Waals surface area contributed by atoms with Crippen molar-refractivity contribution >= 4 is 0 Å². The summed E-state index contributed by atoms with van der Waals surface area (Å²) in [6, 6.07) is 9.07. The zero-order valence-electron chi connectivity index (χ0n) is 7.83. The molecule has 0 aliphatic rings. The van der Waals surface area contributed by atoms with Crippen molar-refractivity contribution in [2.45, 2.75) is 6.54 Å². The molecule has 1 heterocycles. The third-order valence-electron chi connectivity index (χ3n) is 1.94. The molecule has 6 heteroatoms. The van der Waals surface area contributed by atoms with Gasteiger partial charge >= 0.3 is 0 Å². The van der Waals surface area contributed by atoms with Gasteiger partial charge < -0.3 is 5.73 Å². The Morgan fingerprint density at radius 3 is 3.07 bits per heavy atom. The van der Waals surface area contributed by atoms with E-state index < -0.39 is 0 Å². The number of aromatic nitrogens is 4. The van der Waals surface area contributed by atoms with Crippen LogP contribution in [-0.4, -0.2) is 20.2 Å². The summed E-state index contributed by atoms with van der Waals surface area (Å²) in [4.78, 5) is 0. The lowest BCUT2D eigenvalue weighted by molar-refractivity contribution is 0.761. The van der Waals surface area contributed by atoms with Gasteiger partial charge in [-0.1, -0.05) is 6.07 Å². The first-order valence-electron chi connectivity index (χ1n) is 4.33.